The molecule has 8 heteroatoms. The van der Waals surface area contributed by atoms with Gasteiger partial charge in [0.2, 0.25) is 5.95 Å². The van der Waals surface area contributed by atoms with Gasteiger partial charge in [0.15, 0.2) is 5.16 Å². The normalized spacial score (nSPS) is 10.7. The smallest absolute Gasteiger partial charge is 0.256 e. The average Bonchev–Trinajstić information content (AvgIpc) is 2.91. The van der Waals surface area contributed by atoms with Crippen molar-refractivity contribution in [1.82, 2.24) is 24.7 Å². The maximum atomic E-state index is 5.95. The molecule has 0 aliphatic carbocycles. The zero-order valence-electron chi connectivity index (χ0n) is 10.1. The van der Waals surface area contributed by atoms with Crippen molar-refractivity contribution in [3.63, 3.8) is 0 Å². The highest BCUT2D eigenvalue weighted by Crippen LogP contribution is 2.27. The maximum absolute atomic E-state index is 5.95. The fourth-order valence-corrected chi connectivity index (χ4v) is 2.60. The molecule has 2 aromatic heterocycles. The third-order valence-electron chi connectivity index (χ3n) is 2.33. The average molecular weight is 305 g/mol. The van der Waals surface area contributed by atoms with E-state index in [1.54, 1.807) is 18.5 Å². The number of hydrogen-bond donors (Lipinski definition) is 1. The summed E-state index contributed by atoms with van der Waals surface area (Å²) in [6.07, 6.45) is 3.38. The van der Waals surface area contributed by atoms with Gasteiger partial charge in [-0.3, -0.25) is 0 Å². The Morgan fingerprint density at radius 2 is 2.05 bits per heavy atom. The molecule has 0 aliphatic rings. The van der Waals surface area contributed by atoms with E-state index in [0.29, 0.717) is 16.1 Å². The fourth-order valence-electron chi connectivity index (χ4n) is 1.53. The summed E-state index contributed by atoms with van der Waals surface area (Å²) in [5.74, 6) is 0.530. The SMILES string of the molecule is Nc1nc(Sc2cccc(Cl)c2)nc(-n2cccn2)n1. The number of rotatable bonds is 3. The lowest BCUT2D eigenvalue weighted by atomic mass is 10.4. The van der Waals surface area contributed by atoms with E-state index in [1.165, 1.54) is 16.4 Å². The molecule has 100 valence electrons. The van der Waals surface area contributed by atoms with Gasteiger partial charge in [-0.15, -0.1) is 0 Å². The topological polar surface area (TPSA) is 82.5 Å². The Bertz CT molecular complexity index is 731. The molecule has 0 radical (unpaired) electrons. The van der Waals surface area contributed by atoms with Gasteiger partial charge in [-0.2, -0.15) is 20.1 Å². The maximum Gasteiger partial charge on any atom is 0.256 e. The molecule has 0 amide bonds. The second-order valence-electron chi connectivity index (χ2n) is 3.79. The number of aromatic nitrogens is 5. The number of benzene rings is 1. The van der Waals surface area contributed by atoms with Gasteiger partial charge >= 0.3 is 0 Å². The number of nitrogens with two attached hydrogens (primary N) is 1. The van der Waals surface area contributed by atoms with Crippen molar-refractivity contribution in [3.05, 3.63) is 47.7 Å². The Morgan fingerprint density at radius 1 is 1.15 bits per heavy atom. The Morgan fingerprint density at radius 3 is 2.80 bits per heavy atom. The van der Waals surface area contributed by atoms with E-state index in [-0.39, 0.29) is 5.95 Å². The van der Waals surface area contributed by atoms with Crippen molar-refractivity contribution >= 4 is 29.3 Å². The molecule has 1 aromatic carbocycles. The minimum absolute atomic E-state index is 0.148. The van der Waals surface area contributed by atoms with Crippen LogP contribution in [0.25, 0.3) is 5.95 Å². The van der Waals surface area contributed by atoms with Crippen LogP contribution in [-0.2, 0) is 0 Å². The van der Waals surface area contributed by atoms with Gasteiger partial charge in [0.05, 0.1) is 0 Å². The molecule has 0 bridgehead atoms. The molecule has 2 N–H and O–H groups in total. The van der Waals surface area contributed by atoms with Crippen molar-refractivity contribution in [1.29, 1.82) is 0 Å². The van der Waals surface area contributed by atoms with Crippen LogP contribution in [0.5, 0.6) is 0 Å². The number of halogens is 1. The number of nitrogens with zero attached hydrogens (tertiary/aromatic N) is 5. The first-order valence-corrected chi connectivity index (χ1v) is 6.85. The van der Waals surface area contributed by atoms with Crippen molar-refractivity contribution in [3.8, 4) is 5.95 Å². The second kappa shape index (κ2) is 5.48. The molecule has 20 heavy (non-hydrogen) atoms. The van der Waals surface area contributed by atoms with Crippen LogP contribution in [0.4, 0.5) is 5.95 Å². The predicted molar refractivity (Wildman–Crippen MR) is 76.9 cm³/mol. The van der Waals surface area contributed by atoms with Crippen LogP contribution in [0, 0.1) is 0 Å². The lowest BCUT2D eigenvalue weighted by Crippen LogP contribution is -2.07. The molecule has 0 aliphatic heterocycles. The monoisotopic (exact) mass is 304 g/mol. The fraction of sp³-hybridized carbons (Fsp3) is 0. The summed E-state index contributed by atoms with van der Waals surface area (Å²) in [7, 11) is 0. The number of anilines is 1. The van der Waals surface area contributed by atoms with E-state index in [9.17, 15) is 0 Å². The van der Waals surface area contributed by atoms with E-state index in [1.807, 2.05) is 24.3 Å². The van der Waals surface area contributed by atoms with Crippen LogP contribution >= 0.6 is 23.4 Å². The number of hydrogen-bond acceptors (Lipinski definition) is 6. The first-order valence-electron chi connectivity index (χ1n) is 5.66. The summed E-state index contributed by atoms with van der Waals surface area (Å²) < 4.78 is 1.53. The van der Waals surface area contributed by atoms with Gasteiger partial charge in [0, 0.05) is 22.3 Å². The van der Waals surface area contributed by atoms with Gasteiger partial charge in [0.25, 0.3) is 5.95 Å². The lowest BCUT2D eigenvalue weighted by molar-refractivity contribution is 0.764. The summed E-state index contributed by atoms with van der Waals surface area (Å²) >= 11 is 7.31. The van der Waals surface area contributed by atoms with Crippen LogP contribution in [0.2, 0.25) is 5.02 Å². The predicted octanol–water partition coefficient (Wildman–Crippen LogP) is 2.44. The van der Waals surface area contributed by atoms with Crippen molar-refractivity contribution in [2.45, 2.75) is 10.1 Å². The zero-order chi connectivity index (χ0) is 13.9. The van der Waals surface area contributed by atoms with Gasteiger partial charge in [-0.1, -0.05) is 17.7 Å². The quantitative estimate of drug-likeness (QED) is 0.800. The largest absolute Gasteiger partial charge is 0.368 e. The molecule has 0 saturated heterocycles. The van der Waals surface area contributed by atoms with Crippen molar-refractivity contribution < 1.29 is 0 Å². The Hall–Kier alpha value is -2.12. The standard InChI is InChI=1S/C12H9ClN6S/c13-8-3-1-4-9(7-8)20-12-17-10(14)16-11(18-12)19-6-2-5-15-19/h1-7H,(H2,14,16,17,18). The van der Waals surface area contributed by atoms with E-state index < -0.39 is 0 Å². The molecule has 0 unspecified atom stereocenters. The van der Waals surface area contributed by atoms with Crippen LogP contribution in [0.3, 0.4) is 0 Å². The molecule has 6 nitrogen and oxygen atoms in total. The summed E-state index contributed by atoms with van der Waals surface area (Å²) in [6, 6.07) is 9.21. The Labute approximate surface area is 124 Å². The van der Waals surface area contributed by atoms with Crippen LogP contribution < -0.4 is 5.73 Å². The molecule has 0 saturated carbocycles. The van der Waals surface area contributed by atoms with Crippen molar-refractivity contribution in [2.75, 3.05) is 5.73 Å². The van der Waals surface area contributed by atoms with Crippen LogP contribution in [-0.4, -0.2) is 24.7 Å². The molecule has 2 heterocycles. The highest BCUT2D eigenvalue weighted by atomic mass is 35.5. The molecule has 0 atom stereocenters. The van der Waals surface area contributed by atoms with Crippen LogP contribution in [0.15, 0.2) is 52.8 Å². The first kappa shape index (κ1) is 12.9. The molecule has 0 fully saturated rings. The zero-order valence-corrected chi connectivity index (χ0v) is 11.7. The minimum Gasteiger partial charge on any atom is -0.368 e. The van der Waals surface area contributed by atoms with E-state index in [4.69, 9.17) is 17.3 Å². The molecular weight excluding hydrogens is 296 g/mol. The van der Waals surface area contributed by atoms with Gasteiger partial charge in [-0.25, -0.2) is 4.68 Å². The molecule has 0 spiro atoms. The summed E-state index contributed by atoms with van der Waals surface area (Å²) in [5.41, 5.74) is 5.71. The third kappa shape index (κ3) is 2.89. The van der Waals surface area contributed by atoms with Gasteiger partial charge in [-0.05, 0) is 36.0 Å². The summed E-state index contributed by atoms with van der Waals surface area (Å²) in [4.78, 5) is 13.4. The summed E-state index contributed by atoms with van der Waals surface area (Å²) in [6.45, 7) is 0. The molecular formula is C12H9ClN6S. The van der Waals surface area contributed by atoms with Crippen LogP contribution in [0.1, 0.15) is 0 Å². The highest BCUT2D eigenvalue weighted by molar-refractivity contribution is 7.99. The second-order valence-corrected chi connectivity index (χ2v) is 5.26. The van der Waals surface area contributed by atoms with E-state index >= 15 is 0 Å². The third-order valence-corrected chi connectivity index (χ3v) is 3.42. The van der Waals surface area contributed by atoms with Crippen molar-refractivity contribution in [2.24, 2.45) is 0 Å². The van der Waals surface area contributed by atoms with E-state index in [0.717, 1.165) is 4.90 Å². The first-order chi connectivity index (χ1) is 9.70. The lowest BCUT2D eigenvalue weighted by Gasteiger charge is -2.04. The number of nitrogen functional groups attached to an aromatic ring is 1. The highest BCUT2D eigenvalue weighted by Gasteiger charge is 2.08. The van der Waals surface area contributed by atoms with Gasteiger partial charge in [0.1, 0.15) is 0 Å². The van der Waals surface area contributed by atoms with Gasteiger partial charge < -0.3 is 5.73 Å². The molecule has 3 aromatic rings. The molecule has 3 rings (SSSR count). The minimum atomic E-state index is 0.148. The Kier molecular flexibility index (Phi) is 3.53. The summed E-state index contributed by atoms with van der Waals surface area (Å²) in [5, 5.41) is 5.22. The Balaban J connectivity index is 1.94. The van der Waals surface area contributed by atoms with E-state index in [2.05, 4.69) is 20.1 Å².